The molecule has 1 saturated heterocycles. The summed E-state index contributed by atoms with van der Waals surface area (Å²) in [5.74, 6) is 2.41. The lowest BCUT2D eigenvalue weighted by Crippen LogP contribution is -2.36. The number of hydrogen-bond acceptors (Lipinski definition) is 5. The van der Waals surface area contributed by atoms with Crippen LogP contribution in [-0.4, -0.2) is 37.8 Å². The van der Waals surface area contributed by atoms with Crippen molar-refractivity contribution in [2.75, 3.05) is 6.54 Å². The fourth-order valence-electron chi connectivity index (χ4n) is 3.12. The molecule has 6 nitrogen and oxygen atoms in total. The number of rotatable bonds is 4. The molecule has 0 aliphatic carbocycles. The topological polar surface area (TPSA) is 60.0 Å². The lowest BCUT2D eigenvalue weighted by molar-refractivity contribution is -0.143. The number of piperidine rings is 1. The Balaban J connectivity index is 1.79. The molecule has 0 N–H and O–H groups in total. The quantitative estimate of drug-likeness (QED) is 0.854. The second kappa shape index (κ2) is 6.54. The van der Waals surface area contributed by atoms with Crippen molar-refractivity contribution in [2.24, 2.45) is 5.92 Å². The Hall–Kier alpha value is -1.90. The van der Waals surface area contributed by atoms with Crippen LogP contribution >= 0.6 is 0 Å². The van der Waals surface area contributed by atoms with Gasteiger partial charge in [0.2, 0.25) is 0 Å². The van der Waals surface area contributed by atoms with Gasteiger partial charge in [-0.15, -0.1) is 5.10 Å². The maximum absolute atomic E-state index is 12.6. The fourth-order valence-corrected chi connectivity index (χ4v) is 3.12. The van der Waals surface area contributed by atoms with Gasteiger partial charge in [0.1, 0.15) is 18.1 Å². The van der Waals surface area contributed by atoms with Crippen molar-refractivity contribution in [3.63, 3.8) is 0 Å². The predicted molar refractivity (Wildman–Crippen MR) is 78.9 cm³/mol. The van der Waals surface area contributed by atoms with E-state index >= 15 is 0 Å². The first-order chi connectivity index (χ1) is 11.3. The van der Waals surface area contributed by atoms with Gasteiger partial charge in [-0.25, -0.2) is 4.68 Å². The van der Waals surface area contributed by atoms with E-state index in [9.17, 15) is 13.2 Å². The van der Waals surface area contributed by atoms with Crippen molar-refractivity contribution >= 4 is 0 Å². The Bertz CT molecular complexity index is 681. The smallest absolute Gasteiger partial charge is 0.408 e. The third-order valence-corrected chi connectivity index (χ3v) is 4.34. The Morgan fingerprint density at radius 1 is 1.33 bits per heavy atom. The number of aromatic nitrogens is 4. The van der Waals surface area contributed by atoms with Crippen molar-refractivity contribution in [3.05, 3.63) is 29.5 Å². The SMILES string of the molecule is Cc1ccc([C@@H]2C[C@@H](C)CCN2Cc2nnnn2CC(F)(F)F)o1. The van der Waals surface area contributed by atoms with Crippen LogP contribution in [0.3, 0.4) is 0 Å². The highest BCUT2D eigenvalue weighted by Crippen LogP contribution is 2.35. The van der Waals surface area contributed by atoms with Gasteiger partial charge < -0.3 is 4.42 Å². The van der Waals surface area contributed by atoms with Crippen molar-refractivity contribution in [1.82, 2.24) is 25.1 Å². The van der Waals surface area contributed by atoms with Crippen LogP contribution in [-0.2, 0) is 13.1 Å². The molecular formula is C15H20F3N5O. The molecule has 0 unspecified atom stereocenters. The second-order valence-electron chi connectivity index (χ2n) is 6.43. The van der Waals surface area contributed by atoms with E-state index in [2.05, 4.69) is 27.3 Å². The molecule has 0 aromatic carbocycles. The van der Waals surface area contributed by atoms with Gasteiger partial charge in [0.15, 0.2) is 5.82 Å². The van der Waals surface area contributed by atoms with Crippen LogP contribution in [0, 0.1) is 12.8 Å². The lowest BCUT2D eigenvalue weighted by Gasteiger charge is -2.37. The van der Waals surface area contributed by atoms with Crippen molar-refractivity contribution in [1.29, 1.82) is 0 Å². The summed E-state index contributed by atoms with van der Waals surface area (Å²) in [5, 5.41) is 10.6. The first-order valence-electron chi connectivity index (χ1n) is 7.94. The van der Waals surface area contributed by atoms with Crippen LogP contribution in [0.15, 0.2) is 16.5 Å². The zero-order chi connectivity index (χ0) is 17.3. The standard InChI is InChI=1S/C15H20F3N5O/c1-10-5-6-22(12(7-10)13-4-3-11(2)24-13)8-14-19-20-21-23(14)9-15(16,17)18/h3-4,10,12H,5-9H2,1-2H3/t10-,12-/m0/s1. The van der Waals surface area contributed by atoms with E-state index in [1.807, 2.05) is 19.1 Å². The number of likely N-dealkylation sites (tertiary alicyclic amines) is 1. The number of aryl methyl sites for hydroxylation is 1. The molecule has 3 rings (SSSR count). The number of tetrazole rings is 1. The van der Waals surface area contributed by atoms with E-state index in [-0.39, 0.29) is 18.4 Å². The summed E-state index contributed by atoms with van der Waals surface area (Å²) >= 11 is 0. The highest BCUT2D eigenvalue weighted by molar-refractivity contribution is 5.11. The number of nitrogens with zero attached hydrogens (tertiary/aromatic N) is 5. The average Bonchev–Trinajstić information content (AvgIpc) is 3.09. The Morgan fingerprint density at radius 2 is 2.12 bits per heavy atom. The van der Waals surface area contributed by atoms with Gasteiger partial charge in [-0.05, 0) is 54.8 Å². The zero-order valence-electron chi connectivity index (χ0n) is 13.6. The lowest BCUT2D eigenvalue weighted by atomic mass is 9.91. The van der Waals surface area contributed by atoms with E-state index in [0.717, 1.165) is 35.6 Å². The largest absolute Gasteiger partial charge is 0.465 e. The molecule has 1 fully saturated rings. The van der Waals surface area contributed by atoms with Crippen LogP contribution in [0.4, 0.5) is 13.2 Å². The molecule has 0 radical (unpaired) electrons. The summed E-state index contributed by atoms with van der Waals surface area (Å²) in [4.78, 5) is 2.09. The molecule has 2 aromatic heterocycles. The van der Waals surface area contributed by atoms with Crippen molar-refractivity contribution < 1.29 is 17.6 Å². The van der Waals surface area contributed by atoms with Gasteiger partial charge in [-0.2, -0.15) is 13.2 Å². The molecular weight excluding hydrogens is 323 g/mol. The maximum atomic E-state index is 12.6. The fraction of sp³-hybridized carbons (Fsp3) is 0.667. The average molecular weight is 343 g/mol. The van der Waals surface area contributed by atoms with Gasteiger partial charge in [0.25, 0.3) is 0 Å². The molecule has 2 atom stereocenters. The number of hydrogen-bond donors (Lipinski definition) is 0. The van der Waals surface area contributed by atoms with E-state index in [1.165, 1.54) is 0 Å². The van der Waals surface area contributed by atoms with Gasteiger partial charge >= 0.3 is 6.18 Å². The second-order valence-corrected chi connectivity index (χ2v) is 6.43. The summed E-state index contributed by atoms with van der Waals surface area (Å²) in [6, 6.07) is 3.86. The molecule has 0 saturated carbocycles. The minimum absolute atomic E-state index is 0.0264. The molecule has 2 aromatic rings. The zero-order valence-corrected chi connectivity index (χ0v) is 13.6. The molecule has 0 bridgehead atoms. The summed E-state index contributed by atoms with van der Waals surface area (Å²) < 4.78 is 44.5. The summed E-state index contributed by atoms with van der Waals surface area (Å²) in [6.45, 7) is 3.91. The Morgan fingerprint density at radius 3 is 2.79 bits per heavy atom. The van der Waals surface area contributed by atoms with E-state index in [4.69, 9.17) is 4.42 Å². The number of halogens is 3. The summed E-state index contributed by atoms with van der Waals surface area (Å²) in [6.07, 6.45) is -2.47. The summed E-state index contributed by atoms with van der Waals surface area (Å²) in [7, 11) is 0. The number of furan rings is 1. The Labute approximate surface area is 137 Å². The van der Waals surface area contributed by atoms with Gasteiger partial charge in [-0.3, -0.25) is 4.90 Å². The molecule has 0 spiro atoms. The van der Waals surface area contributed by atoms with Crippen LogP contribution < -0.4 is 0 Å². The molecule has 9 heteroatoms. The third kappa shape index (κ3) is 3.95. The predicted octanol–water partition coefficient (Wildman–Crippen LogP) is 3.11. The molecule has 24 heavy (non-hydrogen) atoms. The van der Waals surface area contributed by atoms with Crippen LogP contribution in [0.1, 0.15) is 43.2 Å². The molecule has 1 aliphatic heterocycles. The first-order valence-corrected chi connectivity index (χ1v) is 7.94. The first kappa shape index (κ1) is 16.9. The highest BCUT2D eigenvalue weighted by Gasteiger charge is 2.33. The molecule has 132 valence electrons. The van der Waals surface area contributed by atoms with Crippen LogP contribution in [0.5, 0.6) is 0 Å². The highest BCUT2D eigenvalue weighted by atomic mass is 19.4. The van der Waals surface area contributed by atoms with Gasteiger partial charge in [-0.1, -0.05) is 6.92 Å². The maximum Gasteiger partial charge on any atom is 0.408 e. The van der Waals surface area contributed by atoms with Gasteiger partial charge in [0.05, 0.1) is 12.6 Å². The van der Waals surface area contributed by atoms with E-state index < -0.39 is 12.7 Å². The third-order valence-electron chi connectivity index (χ3n) is 4.34. The molecule has 3 heterocycles. The normalized spacial score (nSPS) is 22.9. The summed E-state index contributed by atoms with van der Waals surface area (Å²) in [5.41, 5.74) is 0. The molecule has 0 amide bonds. The van der Waals surface area contributed by atoms with Crippen molar-refractivity contribution in [2.45, 2.75) is 52.0 Å². The minimum atomic E-state index is -4.35. The molecule has 1 aliphatic rings. The van der Waals surface area contributed by atoms with E-state index in [0.29, 0.717) is 5.92 Å². The monoisotopic (exact) mass is 343 g/mol. The van der Waals surface area contributed by atoms with Crippen LogP contribution in [0.25, 0.3) is 0 Å². The van der Waals surface area contributed by atoms with Crippen LogP contribution in [0.2, 0.25) is 0 Å². The van der Waals surface area contributed by atoms with Crippen molar-refractivity contribution in [3.8, 4) is 0 Å². The van der Waals surface area contributed by atoms with E-state index in [1.54, 1.807) is 0 Å². The number of alkyl halides is 3. The minimum Gasteiger partial charge on any atom is -0.465 e. The van der Waals surface area contributed by atoms with Gasteiger partial charge in [0, 0.05) is 0 Å². The Kier molecular flexibility index (Phi) is 4.62.